The zero-order valence-corrected chi connectivity index (χ0v) is 34.0. The molecule has 290 valence electrons. The molecule has 0 bridgehead atoms. The van der Waals surface area contributed by atoms with Crippen molar-refractivity contribution in [2.24, 2.45) is 0 Å². The number of aromatic nitrogens is 4. The number of rotatable bonds is 6. The highest BCUT2D eigenvalue weighted by atomic mass is 15.0. The van der Waals surface area contributed by atoms with Crippen molar-refractivity contribution in [1.29, 1.82) is 10.5 Å². The van der Waals surface area contributed by atoms with E-state index in [0.29, 0.717) is 34.2 Å². The number of hydrogen-bond acceptors (Lipinski definition) is 5. The number of hydrogen-bond donors (Lipinski definition) is 0. The lowest BCUT2D eigenvalue weighted by Crippen LogP contribution is -2.15. The maximum Gasteiger partial charge on any atom is 0.164 e. The van der Waals surface area contributed by atoms with Gasteiger partial charge >= 0.3 is 0 Å². The van der Waals surface area contributed by atoms with Crippen LogP contribution in [0.4, 0.5) is 0 Å². The molecular formula is C56H36N6. The van der Waals surface area contributed by atoms with Crippen LogP contribution in [0.3, 0.4) is 0 Å². The van der Waals surface area contributed by atoms with E-state index in [1.165, 1.54) is 27.6 Å². The lowest BCUT2D eigenvalue weighted by atomic mass is 9.80. The topological polar surface area (TPSA) is 91.2 Å². The Balaban J connectivity index is 1.30. The molecular weight excluding hydrogens is 757 g/mol. The van der Waals surface area contributed by atoms with Gasteiger partial charge in [-0.15, -0.1) is 0 Å². The van der Waals surface area contributed by atoms with Crippen molar-refractivity contribution >= 4 is 21.8 Å². The van der Waals surface area contributed by atoms with Gasteiger partial charge in [0.05, 0.1) is 40.0 Å². The van der Waals surface area contributed by atoms with Crippen LogP contribution in [0.1, 0.15) is 36.1 Å². The molecule has 6 nitrogen and oxygen atoms in total. The Kier molecular flexibility index (Phi) is 8.49. The monoisotopic (exact) mass is 792 g/mol. The minimum atomic E-state index is -0.275. The lowest BCUT2D eigenvalue weighted by Gasteiger charge is -2.23. The number of benzene rings is 8. The molecule has 0 aliphatic heterocycles. The predicted molar refractivity (Wildman–Crippen MR) is 248 cm³/mol. The summed E-state index contributed by atoms with van der Waals surface area (Å²) in [5.41, 5.74) is 14.3. The summed E-state index contributed by atoms with van der Waals surface area (Å²) < 4.78 is 2.35. The summed E-state index contributed by atoms with van der Waals surface area (Å²) >= 11 is 0. The van der Waals surface area contributed by atoms with Crippen LogP contribution < -0.4 is 0 Å². The Hall–Kier alpha value is -8.45. The van der Waals surface area contributed by atoms with Gasteiger partial charge in [-0.1, -0.05) is 159 Å². The summed E-state index contributed by atoms with van der Waals surface area (Å²) in [6.45, 7) is 4.65. The first kappa shape index (κ1) is 36.6. The molecule has 1 aliphatic carbocycles. The van der Waals surface area contributed by atoms with E-state index in [1.807, 2.05) is 109 Å². The first-order chi connectivity index (χ1) is 30.4. The van der Waals surface area contributed by atoms with Gasteiger partial charge in [0.15, 0.2) is 17.5 Å². The molecule has 0 saturated heterocycles. The van der Waals surface area contributed by atoms with E-state index in [9.17, 15) is 10.5 Å². The van der Waals surface area contributed by atoms with Crippen LogP contribution in [0.2, 0.25) is 0 Å². The van der Waals surface area contributed by atoms with Crippen molar-refractivity contribution < 1.29 is 0 Å². The second kappa shape index (κ2) is 14.4. The van der Waals surface area contributed by atoms with Crippen molar-refractivity contribution in [3.63, 3.8) is 0 Å². The second-order valence-corrected chi connectivity index (χ2v) is 16.2. The molecule has 62 heavy (non-hydrogen) atoms. The molecule has 6 heteroatoms. The molecule has 0 amide bonds. The van der Waals surface area contributed by atoms with E-state index >= 15 is 0 Å². The fourth-order valence-corrected chi connectivity index (χ4v) is 9.56. The highest BCUT2D eigenvalue weighted by Crippen LogP contribution is 2.54. The van der Waals surface area contributed by atoms with Crippen molar-refractivity contribution in [3.8, 4) is 85.4 Å². The van der Waals surface area contributed by atoms with Crippen LogP contribution in [0.25, 0.3) is 95.0 Å². The van der Waals surface area contributed by atoms with E-state index in [4.69, 9.17) is 15.0 Å². The summed E-state index contributed by atoms with van der Waals surface area (Å²) in [6.07, 6.45) is 0. The van der Waals surface area contributed by atoms with Gasteiger partial charge in [-0.25, -0.2) is 15.0 Å². The number of nitrogens with zero attached hydrogens (tertiary/aromatic N) is 6. The van der Waals surface area contributed by atoms with Gasteiger partial charge in [-0.05, 0) is 58.7 Å². The Morgan fingerprint density at radius 2 is 0.919 bits per heavy atom. The third kappa shape index (κ3) is 5.66. The smallest absolute Gasteiger partial charge is 0.164 e. The van der Waals surface area contributed by atoms with Crippen LogP contribution in [0, 0.1) is 22.7 Å². The zero-order valence-electron chi connectivity index (χ0n) is 34.0. The van der Waals surface area contributed by atoms with Crippen molar-refractivity contribution in [1.82, 2.24) is 19.5 Å². The fourth-order valence-electron chi connectivity index (χ4n) is 9.56. The molecule has 1 aliphatic rings. The largest absolute Gasteiger partial charge is 0.308 e. The Morgan fingerprint density at radius 1 is 0.435 bits per heavy atom. The average Bonchev–Trinajstić information content (AvgIpc) is 3.79. The maximum absolute atomic E-state index is 10.7. The summed E-state index contributed by atoms with van der Waals surface area (Å²) in [6, 6.07) is 66.3. The molecule has 2 aromatic heterocycles. The number of nitriles is 2. The summed E-state index contributed by atoms with van der Waals surface area (Å²) in [5.74, 6) is 1.54. The van der Waals surface area contributed by atoms with Crippen LogP contribution in [-0.2, 0) is 5.41 Å². The molecule has 2 heterocycles. The van der Waals surface area contributed by atoms with Gasteiger partial charge in [0.2, 0.25) is 0 Å². The van der Waals surface area contributed by atoms with Crippen molar-refractivity contribution in [3.05, 3.63) is 204 Å². The normalized spacial score (nSPS) is 12.5. The van der Waals surface area contributed by atoms with Crippen molar-refractivity contribution in [2.75, 3.05) is 0 Å². The van der Waals surface area contributed by atoms with Gasteiger partial charge in [-0.2, -0.15) is 10.5 Å². The van der Waals surface area contributed by atoms with Crippen LogP contribution >= 0.6 is 0 Å². The average molecular weight is 793 g/mol. The highest BCUT2D eigenvalue weighted by molar-refractivity contribution is 6.15. The minimum absolute atomic E-state index is 0.275. The Morgan fingerprint density at radius 3 is 1.50 bits per heavy atom. The zero-order chi connectivity index (χ0) is 42.0. The minimum Gasteiger partial charge on any atom is -0.308 e. The van der Waals surface area contributed by atoms with Gasteiger partial charge in [0.25, 0.3) is 0 Å². The third-order valence-electron chi connectivity index (χ3n) is 12.3. The fraction of sp³-hybridized carbons (Fsp3) is 0.0536. The van der Waals surface area contributed by atoms with Crippen LogP contribution in [0.15, 0.2) is 182 Å². The molecule has 11 rings (SSSR count). The molecule has 0 radical (unpaired) electrons. The Labute approximate surface area is 359 Å². The summed E-state index contributed by atoms with van der Waals surface area (Å²) in [4.78, 5) is 15.3. The first-order valence-electron chi connectivity index (χ1n) is 20.7. The third-order valence-corrected chi connectivity index (χ3v) is 12.3. The van der Waals surface area contributed by atoms with E-state index in [1.54, 1.807) is 0 Å². The van der Waals surface area contributed by atoms with E-state index < -0.39 is 0 Å². The molecule has 0 atom stereocenters. The van der Waals surface area contributed by atoms with E-state index in [2.05, 4.69) is 103 Å². The molecule has 0 spiro atoms. The molecule has 0 unspecified atom stereocenters. The maximum atomic E-state index is 10.7. The number of para-hydroxylation sites is 1. The van der Waals surface area contributed by atoms with Gasteiger partial charge in [0, 0.05) is 55.1 Å². The van der Waals surface area contributed by atoms with Gasteiger partial charge in [-0.3, -0.25) is 0 Å². The SMILES string of the molecule is CC1(C)c2ccccc2-c2ccc3c(c21)c1ccccc1n3-c1c(-c2ccccc2C#N)cc(-c2nc(-c3ccccc3)nc(-c3ccccc3)n2)cc1-c1ccccc1C#N. The van der Waals surface area contributed by atoms with Crippen molar-refractivity contribution in [2.45, 2.75) is 19.3 Å². The van der Waals surface area contributed by atoms with Gasteiger partial charge in [0.1, 0.15) is 0 Å². The second-order valence-electron chi connectivity index (χ2n) is 16.2. The predicted octanol–water partition coefficient (Wildman–Crippen LogP) is 13.4. The molecule has 0 fully saturated rings. The van der Waals surface area contributed by atoms with E-state index in [-0.39, 0.29) is 5.41 Å². The van der Waals surface area contributed by atoms with Crippen LogP contribution in [0.5, 0.6) is 0 Å². The number of fused-ring (bicyclic) bond motifs is 7. The highest BCUT2D eigenvalue weighted by Gasteiger charge is 2.38. The molecule has 10 aromatic rings. The summed E-state index contributed by atoms with van der Waals surface area (Å²) in [5, 5.41) is 23.8. The van der Waals surface area contributed by atoms with Crippen LogP contribution in [-0.4, -0.2) is 19.5 Å². The molecule has 0 saturated carbocycles. The standard InChI is InChI=1S/C56H36N6/c1-56(2)47-27-15-13-25-42(47)43-29-30-49-50(51(43)56)44-26-14-16-28-48(44)62(49)52-45(40-23-11-9-21-37(40)33-57)31-39(32-46(52)41-24-12-10-22-38(41)34-58)55-60-53(35-17-5-3-6-18-35)59-54(61-55)36-19-7-4-8-20-36/h3-32H,1-2H3. The Bertz CT molecular complexity index is 3380. The molecule has 0 N–H and O–H groups in total. The quantitative estimate of drug-likeness (QED) is 0.167. The van der Waals surface area contributed by atoms with Gasteiger partial charge < -0.3 is 4.57 Å². The molecule has 8 aromatic carbocycles. The summed E-state index contributed by atoms with van der Waals surface area (Å²) in [7, 11) is 0. The first-order valence-corrected chi connectivity index (χ1v) is 20.7. The van der Waals surface area contributed by atoms with E-state index in [0.717, 1.165) is 55.5 Å². The lowest BCUT2D eigenvalue weighted by molar-refractivity contribution is 0.666.